The van der Waals surface area contributed by atoms with Crippen LogP contribution in [0.1, 0.15) is 20.8 Å². The van der Waals surface area contributed by atoms with E-state index < -0.39 is 12.0 Å². The van der Waals surface area contributed by atoms with Crippen molar-refractivity contribution in [3.05, 3.63) is 11.8 Å². The van der Waals surface area contributed by atoms with Crippen molar-refractivity contribution in [1.29, 1.82) is 5.26 Å². The van der Waals surface area contributed by atoms with Crippen molar-refractivity contribution in [2.75, 3.05) is 19.8 Å². The van der Waals surface area contributed by atoms with Crippen LogP contribution >= 0.6 is 0 Å². The van der Waals surface area contributed by atoms with E-state index in [0.717, 1.165) is 11.2 Å². The molecule has 0 aliphatic rings. The second-order valence-corrected chi connectivity index (χ2v) is 2.85. The number of carbonyl (C=O) groups excluding carboxylic acids is 2. The third kappa shape index (κ3) is 4.55. The third-order valence-corrected chi connectivity index (χ3v) is 1.77. The maximum atomic E-state index is 11.8. The molecule has 0 rings (SSSR count). The molecule has 2 amide bonds. The first-order valence-electron chi connectivity index (χ1n) is 5.32. The van der Waals surface area contributed by atoms with Crippen molar-refractivity contribution in [2.45, 2.75) is 20.8 Å². The summed E-state index contributed by atoms with van der Waals surface area (Å²) in [7, 11) is 0. The molecule has 6 nitrogen and oxygen atoms in total. The van der Waals surface area contributed by atoms with Gasteiger partial charge < -0.3 is 9.47 Å². The zero-order valence-corrected chi connectivity index (χ0v) is 10.2. The summed E-state index contributed by atoms with van der Waals surface area (Å²) in [5.74, 6) is -0.720. The first kappa shape index (κ1) is 15.0. The summed E-state index contributed by atoms with van der Waals surface area (Å²) in [6, 6.07) is 1.69. The van der Waals surface area contributed by atoms with Gasteiger partial charge in [-0.05, 0) is 20.8 Å². The van der Waals surface area contributed by atoms with Gasteiger partial charge in [0.15, 0.2) is 5.57 Å². The van der Waals surface area contributed by atoms with E-state index in [1.807, 2.05) is 0 Å². The zero-order valence-electron chi connectivity index (χ0n) is 10.2. The minimum Gasteiger partial charge on any atom is -0.500 e. The predicted molar refractivity (Wildman–Crippen MR) is 59.7 cm³/mol. The molecule has 0 aliphatic heterocycles. The SMILES string of the molecule is CCOC=C(C#N)C(=O)N(CC)C(=O)OCC. The Hall–Kier alpha value is -2.03. The highest BCUT2D eigenvalue weighted by Gasteiger charge is 2.24. The highest BCUT2D eigenvalue weighted by Crippen LogP contribution is 2.04. The lowest BCUT2D eigenvalue weighted by Gasteiger charge is -2.17. The largest absolute Gasteiger partial charge is 0.500 e. The van der Waals surface area contributed by atoms with Gasteiger partial charge in [0, 0.05) is 6.54 Å². The van der Waals surface area contributed by atoms with E-state index in [-0.39, 0.29) is 18.7 Å². The first-order chi connectivity index (χ1) is 8.12. The van der Waals surface area contributed by atoms with Crippen LogP contribution in [0.25, 0.3) is 0 Å². The predicted octanol–water partition coefficient (Wildman–Crippen LogP) is 1.44. The Morgan fingerprint density at radius 2 is 1.94 bits per heavy atom. The van der Waals surface area contributed by atoms with E-state index in [9.17, 15) is 9.59 Å². The van der Waals surface area contributed by atoms with Gasteiger partial charge in [-0.1, -0.05) is 0 Å². The molecule has 0 saturated heterocycles. The molecule has 0 aliphatic carbocycles. The summed E-state index contributed by atoms with van der Waals surface area (Å²) in [5.41, 5.74) is -0.234. The van der Waals surface area contributed by atoms with Crippen LogP contribution in [-0.2, 0) is 14.3 Å². The van der Waals surface area contributed by atoms with E-state index in [0.29, 0.717) is 6.61 Å². The number of hydrogen-bond donors (Lipinski definition) is 0. The number of carbonyl (C=O) groups is 2. The lowest BCUT2D eigenvalue weighted by Crippen LogP contribution is -2.38. The molecule has 0 heterocycles. The van der Waals surface area contributed by atoms with Gasteiger partial charge in [-0.15, -0.1) is 0 Å². The summed E-state index contributed by atoms with van der Waals surface area (Å²) in [5, 5.41) is 8.78. The van der Waals surface area contributed by atoms with E-state index in [1.54, 1.807) is 26.8 Å². The van der Waals surface area contributed by atoms with Crippen molar-refractivity contribution in [2.24, 2.45) is 0 Å². The van der Waals surface area contributed by atoms with Gasteiger partial charge in [0.2, 0.25) is 0 Å². The minimum absolute atomic E-state index is 0.128. The van der Waals surface area contributed by atoms with Crippen molar-refractivity contribution >= 4 is 12.0 Å². The fourth-order valence-electron chi connectivity index (χ4n) is 0.994. The number of imide groups is 1. The molecule has 0 bridgehead atoms. The van der Waals surface area contributed by atoms with Crippen molar-refractivity contribution in [3.63, 3.8) is 0 Å². The van der Waals surface area contributed by atoms with Gasteiger partial charge in [-0.2, -0.15) is 5.26 Å². The van der Waals surface area contributed by atoms with Gasteiger partial charge in [0.05, 0.1) is 13.2 Å². The maximum Gasteiger partial charge on any atom is 0.416 e. The highest BCUT2D eigenvalue weighted by atomic mass is 16.6. The van der Waals surface area contributed by atoms with Gasteiger partial charge in [-0.3, -0.25) is 4.79 Å². The van der Waals surface area contributed by atoms with Crippen LogP contribution in [0.3, 0.4) is 0 Å². The van der Waals surface area contributed by atoms with Crippen LogP contribution in [-0.4, -0.2) is 36.7 Å². The molecular weight excluding hydrogens is 224 g/mol. The molecule has 6 heteroatoms. The van der Waals surface area contributed by atoms with Gasteiger partial charge >= 0.3 is 6.09 Å². The summed E-state index contributed by atoms with van der Waals surface area (Å²) in [6.45, 7) is 5.60. The Morgan fingerprint density at radius 3 is 2.35 bits per heavy atom. The molecule has 0 unspecified atom stereocenters. The molecule has 0 radical (unpaired) electrons. The maximum absolute atomic E-state index is 11.8. The second kappa shape index (κ2) is 8.16. The molecule has 0 aromatic rings. The molecule has 0 N–H and O–H groups in total. The van der Waals surface area contributed by atoms with E-state index >= 15 is 0 Å². The second-order valence-electron chi connectivity index (χ2n) is 2.85. The van der Waals surface area contributed by atoms with Crippen LogP contribution < -0.4 is 0 Å². The van der Waals surface area contributed by atoms with E-state index in [4.69, 9.17) is 14.7 Å². The van der Waals surface area contributed by atoms with E-state index in [2.05, 4.69) is 0 Å². The summed E-state index contributed by atoms with van der Waals surface area (Å²) in [4.78, 5) is 24.0. The van der Waals surface area contributed by atoms with Gasteiger partial charge in [-0.25, -0.2) is 9.69 Å². The number of ether oxygens (including phenoxy) is 2. The van der Waals surface area contributed by atoms with Gasteiger partial charge in [0.1, 0.15) is 12.3 Å². The van der Waals surface area contributed by atoms with Crippen LogP contribution in [0, 0.1) is 11.3 Å². The molecule has 0 aromatic heterocycles. The standard InChI is InChI=1S/C11H16N2O4/c1-4-13(11(15)17-6-3)10(14)9(7-12)8-16-5-2/h8H,4-6H2,1-3H3. The Labute approximate surface area is 100 Å². The quantitative estimate of drug-likeness (QED) is 0.412. The molecular formula is C11H16N2O4. The van der Waals surface area contributed by atoms with Crippen molar-refractivity contribution in [1.82, 2.24) is 4.90 Å². The van der Waals surface area contributed by atoms with Crippen molar-refractivity contribution in [3.8, 4) is 6.07 Å². The molecule has 0 spiro atoms. The zero-order chi connectivity index (χ0) is 13.3. The first-order valence-corrected chi connectivity index (χ1v) is 5.32. The minimum atomic E-state index is -0.766. The Balaban J connectivity index is 4.85. The fraction of sp³-hybridized carbons (Fsp3) is 0.545. The normalized spacial score (nSPS) is 10.4. The smallest absolute Gasteiger partial charge is 0.416 e. The average molecular weight is 240 g/mol. The summed E-state index contributed by atoms with van der Waals surface area (Å²) < 4.78 is 9.56. The van der Waals surface area contributed by atoms with Crippen LogP contribution in [0.4, 0.5) is 4.79 Å². The Kier molecular flexibility index (Phi) is 7.19. The van der Waals surface area contributed by atoms with E-state index in [1.165, 1.54) is 0 Å². The lowest BCUT2D eigenvalue weighted by molar-refractivity contribution is -0.125. The monoisotopic (exact) mass is 240 g/mol. The average Bonchev–Trinajstić information content (AvgIpc) is 2.31. The summed E-state index contributed by atoms with van der Waals surface area (Å²) in [6.07, 6.45) is 0.280. The van der Waals surface area contributed by atoms with Crippen LogP contribution in [0.15, 0.2) is 11.8 Å². The molecule has 0 aromatic carbocycles. The lowest BCUT2D eigenvalue weighted by atomic mass is 10.3. The highest BCUT2D eigenvalue weighted by molar-refractivity contribution is 6.04. The van der Waals surface area contributed by atoms with Gasteiger partial charge in [0.25, 0.3) is 5.91 Å². The number of rotatable bonds is 5. The van der Waals surface area contributed by atoms with Crippen LogP contribution in [0.5, 0.6) is 0 Å². The Morgan fingerprint density at radius 1 is 1.29 bits per heavy atom. The number of likely N-dealkylation sites (N-methyl/N-ethyl adjacent to an activating group) is 1. The molecule has 94 valence electrons. The number of amides is 2. The topological polar surface area (TPSA) is 79.6 Å². The Bertz CT molecular complexity index is 344. The third-order valence-electron chi connectivity index (χ3n) is 1.77. The number of nitriles is 1. The molecule has 0 atom stereocenters. The number of nitrogens with zero attached hydrogens (tertiary/aromatic N) is 2. The summed E-state index contributed by atoms with van der Waals surface area (Å²) >= 11 is 0. The van der Waals surface area contributed by atoms with Crippen LogP contribution in [0.2, 0.25) is 0 Å². The molecule has 0 fully saturated rings. The molecule has 17 heavy (non-hydrogen) atoms. The number of hydrogen-bond acceptors (Lipinski definition) is 5. The fourth-order valence-corrected chi connectivity index (χ4v) is 0.994. The van der Waals surface area contributed by atoms with Crippen molar-refractivity contribution < 1.29 is 19.1 Å². The molecule has 0 saturated carbocycles.